The summed E-state index contributed by atoms with van der Waals surface area (Å²) in [7, 11) is 1.64. The maximum absolute atomic E-state index is 11.0. The first-order chi connectivity index (χ1) is 13.9. The summed E-state index contributed by atoms with van der Waals surface area (Å²) >= 11 is 12.9. The number of rotatable bonds is 7. The molecule has 0 amide bonds. The van der Waals surface area contributed by atoms with Gasteiger partial charge >= 0.3 is 5.97 Å². The molecule has 0 radical (unpaired) electrons. The Balaban J connectivity index is 1.91. The smallest absolute Gasteiger partial charge is 0.344 e. The predicted octanol–water partition coefficient (Wildman–Crippen LogP) is 6.11. The van der Waals surface area contributed by atoms with Gasteiger partial charge in [0.25, 0.3) is 0 Å². The molecule has 0 bridgehead atoms. The second-order valence-corrected chi connectivity index (χ2v) is 7.36. The van der Waals surface area contributed by atoms with E-state index in [0.29, 0.717) is 22.2 Å². The van der Waals surface area contributed by atoms with Crippen molar-refractivity contribution in [3.05, 3.63) is 81.8 Å². The molecule has 29 heavy (non-hydrogen) atoms. The number of carbonyl (C=O) groups is 1. The largest absolute Gasteiger partial charge is 0.496 e. The molecule has 1 atom stereocenters. The second-order valence-electron chi connectivity index (χ2n) is 6.54. The van der Waals surface area contributed by atoms with Crippen LogP contribution in [0.3, 0.4) is 0 Å². The normalized spacial score (nSPS) is 11.7. The average Bonchev–Trinajstić information content (AvgIpc) is 2.71. The maximum atomic E-state index is 11.0. The molecule has 1 N–H and O–H groups in total. The van der Waals surface area contributed by atoms with Crippen LogP contribution in [0.5, 0.6) is 11.5 Å². The summed E-state index contributed by atoms with van der Waals surface area (Å²) < 4.78 is 10.9. The minimum atomic E-state index is -1.06. The standard InChI is InChI=1S/C23H20Cl2O4/c1-14(23(26)27)29-17-12-20(24)19(21(25)13-17)11-15-8-9-22(28-2)18(10-15)16-6-4-3-5-7-16/h3-10,12-14H,11H2,1-2H3,(H,26,27)/t14-/m0/s1. The SMILES string of the molecule is COc1ccc(Cc2c(Cl)cc(O[C@@H](C)C(=O)O)cc2Cl)cc1-c1ccccc1. The zero-order chi connectivity index (χ0) is 21.0. The van der Waals surface area contributed by atoms with Crippen molar-refractivity contribution in [3.8, 4) is 22.6 Å². The van der Waals surface area contributed by atoms with Gasteiger partial charge in [-0.15, -0.1) is 0 Å². The highest BCUT2D eigenvalue weighted by molar-refractivity contribution is 6.36. The third-order valence-corrected chi connectivity index (χ3v) is 5.18. The van der Waals surface area contributed by atoms with E-state index in [2.05, 4.69) is 6.07 Å². The zero-order valence-electron chi connectivity index (χ0n) is 16.0. The molecule has 0 saturated carbocycles. The van der Waals surface area contributed by atoms with Gasteiger partial charge in [0.15, 0.2) is 6.10 Å². The lowest BCUT2D eigenvalue weighted by Gasteiger charge is -2.15. The van der Waals surface area contributed by atoms with E-state index in [1.807, 2.05) is 42.5 Å². The molecule has 4 nitrogen and oxygen atoms in total. The van der Waals surface area contributed by atoms with Gasteiger partial charge in [-0.2, -0.15) is 0 Å². The lowest BCUT2D eigenvalue weighted by atomic mass is 9.98. The fraction of sp³-hybridized carbons (Fsp3) is 0.174. The lowest BCUT2D eigenvalue weighted by Crippen LogP contribution is -2.22. The molecule has 6 heteroatoms. The highest BCUT2D eigenvalue weighted by Crippen LogP contribution is 2.35. The molecule has 0 unspecified atom stereocenters. The molecule has 0 aliphatic carbocycles. The number of benzene rings is 3. The van der Waals surface area contributed by atoms with Gasteiger partial charge in [-0.1, -0.05) is 59.6 Å². The Morgan fingerprint density at radius 1 is 1.03 bits per heavy atom. The van der Waals surface area contributed by atoms with Gasteiger partial charge < -0.3 is 14.6 Å². The van der Waals surface area contributed by atoms with Crippen molar-refractivity contribution in [2.75, 3.05) is 7.11 Å². The molecule has 3 aromatic carbocycles. The Labute approximate surface area is 179 Å². The van der Waals surface area contributed by atoms with Crippen molar-refractivity contribution in [1.29, 1.82) is 0 Å². The van der Waals surface area contributed by atoms with E-state index in [-0.39, 0.29) is 0 Å². The van der Waals surface area contributed by atoms with Gasteiger partial charge in [-0.05, 0) is 47.9 Å². The lowest BCUT2D eigenvalue weighted by molar-refractivity contribution is -0.144. The molecular formula is C23H20Cl2O4. The van der Waals surface area contributed by atoms with E-state index in [1.54, 1.807) is 19.2 Å². The Morgan fingerprint density at radius 2 is 1.69 bits per heavy atom. The van der Waals surface area contributed by atoms with Crippen LogP contribution in [-0.4, -0.2) is 24.3 Å². The number of hydrogen-bond donors (Lipinski definition) is 1. The molecule has 0 aliphatic heterocycles. The van der Waals surface area contributed by atoms with Gasteiger partial charge in [0.05, 0.1) is 7.11 Å². The van der Waals surface area contributed by atoms with Crippen molar-refractivity contribution in [2.45, 2.75) is 19.4 Å². The number of carboxylic acids is 1. The molecule has 0 spiro atoms. The Morgan fingerprint density at radius 3 is 2.28 bits per heavy atom. The van der Waals surface area contributed by atoms with Crippen LogP contribution in [0.15, 0.2) is 60.7 Å². The van der Waals surface area contributed by atoms with Gasteiger partial charge in [-0.3, -0.25) is 0 Å². The topological polar surface area (TPSA) is 55.8 Å². The van der Waals surface area contributed by atoms with Crippen LogP contribution in [0.25, 0.3) is 11.1 Å². The summed E-state index contributed by atoms with van der Waals surface area (Å²) in [6.07, 6.45) is -0.487. The van der Waals surface area contributed by atoms with Crippen molar-refractivity contribution in [2.24, 2.45) is 0 Å². The van der Waals surface area contributed by atoms with Crippen LogP contribution in [-0.2, 0) is 11.2 Å². The van der Waals surface area contributed by atoms with E-state index in [4.69, 9.17) is 37.8 Å². The molecule has 0 aromatic heterocycles. The van der Waals surface area contributed by atoms with Crippen molar-refractivity contribution < 1.29 is 19.4 Å². The van der Waals surface area contributed by atoms with Gasteiger partial charge in [0.1, 0.15) is 11.5 Å². The van der Waals surface area contributed by atoms with Gasteiger partial charge in [-0.25, -0.2) is 4.79 Å². The van der Waals surface area contributed by atoms with Crippen LogP contribution >= 0.6 is 23.2 Å². The van der Waals surface area contributed by atoms with E-state index in [1.165, 1.54) is 6.92 Å². The molecule has 0 aliphatic rings. The third kappa shape index (κ3) is 5.03. The molecule has 3 rings (SSSR count). The van der Waals surface area contributed by atoms with E-state index < -0.39 is 12.1 Å². The van der Waals surface area contributed by atoms with Crippen molar-refractivity contribution >= 4 is 29.2 Å². The quantitative estimate of drug-likeness (QED) is 0.490. The number of halogens is 2. The summed E-state index contributed by atoms with van der Waals surface area (Å²) in [6.45, 7) is 1.44. The van der Waals surface area contributed by atoms with Crippen molar-refractivity contribution in [3.63, 3.8) is 0 Å². The number of ether oxygens (including phenoxy) is 2. The van der Waals surface area contributed by atoms with Gasteiger partial charge in [0, 0.05) is 22.0 Å². The fourth-order valence-corrected chi connectivity index (χ4v) is 3.58. The third-order valence-electron chi connectivity index (χ3n) is 4.50. The number of methoxy groups -OCH3 is 1. The van der Waals surface area contributed by atoms with Crippen molar-refractivity contribution in [1.82, 2.24) is 0 Å². The highest BCUT2D eigenvalue weighted by atomic mass is 35.5. The van der Waals surface area contributed by atoms with E-state index in [9.17, 15) is 4.79 Å². The summed E-state index contributed by atoms with van der Waals surface area (Å²) in [6, 6.07) is 19.1. The predicted molar refractivity (Wildman–Crippen MR) is 115 cm³/mol. The average molecular weight is 431 g/mol. The molecule has 3 aromatic rings. The molecule has 0 heterocycles. The Bertz CT molecular complexity index is 996. The van der Waals surface area contributed by atoms with Crippen LogP contribution in [0.2, 0.25) is 10.0 Å². The first kappa shape index (κ1) is 21.0. The summed E-state index contributed by atoms with van der Waals surface area (Å²) in [5.74, 6) is 0.0369. The van der Waals surface area contributed by atoms with Crippen LogP contribution in [0.1, 0.15) is 18.1 Å². The van der Waals surface area contributed by atoms with Crippen LogP contribution in [0, 0.1) is 0 Å². The summed E-state index contributed by atoms with van der Waals surface area (Å²) in [5, 5.41) is 9.83. The molecule has 0 fully saturated rings. The Hall–Kier alpha value is -2.69. The van der Waals surface area contributed by atoms with Crippen LogP contribution < -0.4 is 9.47 Å². The van der Waals surface area contributed by atoms with E-state index >= 15 is 0 Å². The molecule has 150 valence electrons. The van der Waals surface area contributed by atoms with E-state index in [0.717, 1.165) is 28.0 Å². The summed E-state index contributed by atoms with van der Waals surface area (Å²) in [4.78, 5) is 11.0. The first-order valence-corrected chi connectivity index (χ1v) is 9.74. The van der Waals surface area contributed by atoms with Gasteiger partial charge in [0.2, 0.25) is 0 Å². The Kier molecular flexibility index (Phi) is 6.68. The highest BCUT2D eigenvalue weighted by Gasteiger charge is 2.16. The minimum Gasteiger partial charge on any atom is -0.496 e. The fourth-order valence-electron chi connectivity index (χ4n) is 2.98. The minimum absolute atomic E-state index is 0.318. The zero-order valence-corrected chi connectivity index (χ0v) is 17.5. The first-order valence-electron chi connectivity index (χ1n) is 8.98. The second kappa shape index (κ2) is 9.21. The maximum Gasteiger partial charge on any atom is 0.344 e. The molecular weight excluding hydrogens is 411 g/mol. The number of hydrogen-bond acceptors (Lipinski definition) is 3. The number of aliphatic carboxylic acids is 1. The number of carboxylic acid groups (broad SMARTS) is 1. The molecule has 0 saturated heterocycles. The monoisotopic (exact) mass is 430 g/mol. The van der Waals surface area contributed by atoms with Crippen LogP contribution in [0.4, 0.5) is 0 Å². The summed E-state index contributed by atoms with van der Waals surface area (Å²) in [5.41, 5.74) is 3.79.